The predicted molar refractivity (Wildman–Crippen MR) is 185 cm³/mol. The van der Waals surface area contributed by atoms with Gasteiger partial charge in [-0.2, -0.15) is 0 Å². The van der Waals surface area contributed by atoms with Crippen LogP contribution < -0.4 is 0 Å². The molecule has 0 fully saturated rings. The fourth-order valence-electron chi connectivity index (χ4n) is 8.32. The van der Waals surface area contributed by atoms with E-state index in [1.165, 1.54) is 82.9 Å². The van der Waals surface area contributed by atoms with Crippen molar-refractivity contribution in [3.8, 4) is 44.5 Å². The lowest BCUT2D eigenvalue weighted by Crippen LogP contribution is -2.15. The van der Waals surface area contributed by atoms with Gasteiger partial charge in [0.15, 0.2) is 0 Å². The first-order chi connectivity index (χ1) is 21.4. The molecule has 210 valence electrons. The van der Waals surface area contributed by atoms with Gasteiger partial charge in [0.2, 0.25) is 0 Å². The molecule has 1 heteroatoms. The average Bonchev–Trinajstić information content (AvgIpc) is 3.42. The Morgan fingerprint density at radius 1 is 0.409 bits per heavy atom. The molecule has 0 N–H and O–H groups in total. The molecular weight excluding hydrogens is 530 g/mol. The highest BCUT2D eigenvalue weighted by Gasteiger charge is 2.37. The summed E-state index contributed by atoms with van der Waals surface area (Å²) in [6.45, 7) is 9.42. The van der Waals surface area contributed by atoms with Crippen molar-refractivity contribution in [2.45, 2.75) is 38.5 Å². The Kier molecular flexibility index (Phi) is 5.08. The van der Waals surface area contributed by atoms with E-state index < -0.39 is 0 Å². The summed E-state index contributed by atoms with van der Waals surface area (Å²) in [5.41, 5.74) is 16.9. The largest absolute Gasteiger partial charge is 0.256 e. The van der Waals surface area contributed by atoms with Gasteiger partial charge in [-0.3, -0.25) is 4.98 Å². The van der Waals surface area contributed by atoms with Gasteiger partial charge in [0.1, 0.15) is 0 Å². The Labute approximate surface area is 258 Å². The molecule has 7 aromatic rings. The summed E-state index contributed by atoms with van der Waals surface area (Å²) in [5.74, 6) is 0. The molecule has 0 unspecified atom stereocenters. The van der Waals surface area contributed by atoms with Crippen molar-refractivity contribution in [3.05, 3.63) is 150 Å². The first kappa shape index (κ1) is 25.5. The third-order valence-electron chi connectivity index (χ3n) is 10.5. The number of rotatable bonds is 2. The Balaban J connectivity index is 1.31. The quantitative estimate of drug-likeness (QED) is 0.191. The van der Waals surface area contributed by atoms with E-state index in [-0.39, 0.29) is 10.8 Å². The molecule has 0 saturated heterocycles. The first-order valence-corrected chi connectivity index (χ1v) is 15.6. The molecule has 0 amide bonds. The van der Waals surface area contributed by atoms with Crippen molar-refractivity contribution in [1.82, 2.24) is 4.98 Å². The van der Waals surface area contributed by atoms with E-state index in [4.69, 9.17) is 4.98 Å². The Bertz CT molecular complexity index is 2110. The summed E-state index contributed by atoms with van der Waals surface area (Å²) in [5, 5.41) is 3.70. The lowest BCUT2D eigenvalue weighted by Gasteiger charge is -2.23. The van der Waals surface area contributed by atoms with Gasteiger partial charge in [-0.25, -0.2) is 0 Å². The van der Waals surface area contributed by atoms with E-state index in [1.807, 2.05) is 6.20 Å². The van der Waals surface area contributed by atoms with Gasteiger partial charge in [-0.1, -0.05) is 131 Å². The molecule has 0 atom stereocenters. The van der Waals surface area contributed by atoms with Gasteiger partial charge in [-0.15, -0.1) is 0 Å². The molecule has 6 aromatic carbocycles. The fraction of sp³-hybridized carbons (Fsp3) is 0.140. The topological polar surface area (TPSA) is 12.9 Å². The van der Waals surface area contributed by atoms with Crippen LogP contribution in [0.3, 0.4) is 0 Å². The molecule has 1 heterocycles. The van der Waals surface area contributed by atoms with Crippen molar-refractivity contribution >= 4 is 21.7 Å². The molecule has 0 aliphatic heterocycles. The smallest absolute Gasteiger partial charge is 0.0792 e. The van der Waals surface area contributed by atoms with E-state index >= 15 is 0 Å². The van der Waals surface area contributed by atoms with Crippen LogP contribution in [0.15, 0.2) is 128 Å². The van der Waals surface area contributed by atoms with E-state index in [1.54, 1.807) is 0 Å². The Morgan fingerprint density at radius 2 is 0.864 bits per heavy atom. The summed E-state index contributed by atoms with van der Waals surface area (Å²) in [4.78, 5) is 5.10. The van der Waals surface area contributed by atoms with Crippen LogP contribution in [0.25, 0.3) is 66.2 Å². The van der Waals surface area contributed by atoms with E-state index in [0.29, 0.717) is 0 Å². The number of hydrogen-bond acceptors (Lipinski definition) is 1. The zero-order chi connectivity index (χ0) is 29.8. The van der Waals surface area contributed by atoms with Crippen LogP contribution in [0.5, 0.6) is 0 Å². The molecule has 1 nitrogen and oxygen atoms in total. The highest BCUT2D eigenvalue weighted by atomic mass is 14.7. The standard InChI is InChI=1S/C43H33N/c1-42(2)35-17-9-7-12-28(35)30-21-19-26(24-37(30)42)39-32-14-5-6-15-33(32)40(41-34(39)16-11-23-44-41)27-20-22-31-29-13-8-10-18-36(29)43(3,4)38(31)25-27/h5-25H,1-4H3. The summed E-state index contributed by atoms with van der Waals surface area (Å²) in [6.07, 6.45) is 1.94. The molecule has 2 aliphatic carbocycles. The van der Waals surface area contributed by atoms with Crippen molar-refractivity contribution < 1.29 is 0 Å². The third-order valence-corrected chi connectivity index (χ3v) is 10.5. The van der Waals surface area contributed by atoms with Gasteiger partial charge in [0, 0.05) is 28.0 Å². The average molecular weight is 564 g/mol. The number of hydrogen-bond donors (Lipinski definition) is 0. The molecule has 0 bridgehead atoms. The molecule has 0 spiro atoms. The minimum absolute atomic E-state index is 0.0550. The molecule has 0 saturated carbocycles. The minimum atomic E-state index is -0.0598. The minimum Gasteiger partial charge on any atom is -0.256 e. The Morgan fingerprint density at radius 3 is 1.45 bits per heavy atom. The first-order valence-electron chi connectivity index (χ1n) is 15.6. The van der Waals surface area contributed by atoms with Crippen LogP contribution >= 0.6 is 0 Å². The third kappa shape index (κ3) is 3.27. The van der Waals surface area contributed by atoms with Gasteiger partial charge in [0.05, 0.1) is 5.52 Å². The van der Waals surface area contributed by atoms with E-state index in [9.17, 15) is 0 Å². The maximum absolute atomic E-state index is 5.10. The van der Waals surface area contributed by atoms with Gasteiger partial charge in [-0.05, 0) is 90.2 Å². The van der Waals surface area contributed by atoms with Crippen LogP contribution in [-0.4, -0.2) is 4.98 Å². The molecule has 1 aromatic heterocycles. The second-order valence-corrected chi connectivity index (χ2v) is 13.6. The van der Waals surface area contributed by atoms with Crippen LogP contribution in [0.2, 0.25) is 0 Å². The zero-order valence-electron chi connectivity index (χ0n) is 25.6. The van der Waals surface area contributed by atoms with Gasteiger partial charge >= 0.3 is 0 Å². The lowest BCUT2D eigenvalue weighted by atomic mass is 9.80. The number of pyridine rings is 1. The van der Waals surface area contributed by atoms with Crippen molar-refractivity contribution in [2.75, 3.05) is 0 Å². The number of nitrogens with zero attached hydrogens (tertiary/aromatic N) is 1. The normalized spacial score (nSPS) is 15.2. The fourth-order valence-corrected chi connectivity index (χ4v) is 8.32. The lowest BCUT2D eigenvalue weighted by molar-refractivity contribution is 0.660. The van der Waals surface area contributed by atoms with Crippen LogP contribution in [0, 0.1) is 0 Å². The number of fused-ring (bicyclic) bond motifs is 8. The maximum atomic E-state index is 5.10. The monoisotopic (exact) mass is 563 g/mol. The summed E-state index contributed by atoms with van der Waals surface area (Å²) in [6, 6.07) is 45.2. The molecule has 44 heavy (non-hydrogen) atoms. The van der Waals surface area contributed by atoms with Crippen LogP contribution in [-0.2, 0) is 10.8 Å². The molecule has 0 radical (unpaired) electrons. The summed E-state index contributed by atoms with van der Waals surface area (Å²) >= 11 is 0. The van der Waals surface area contributed by atoms with E-state index in [2.05, 4.69) is 149 Å². The highest BCUT2D eigenvalue weighted by molar-refractivity contribution is 6.20. The number of aromatic nitrogens is 1. The highest BCUT2D eigenvalue weighted by Crippen LogP contribution is 2.53. The molecule has 9 rings (SSSR count). The van der Waals surface area contributed by atoms with Crippen molar-refractivity contribution in [1.29, 1.82) is 0 Å². The molecular formula is C43H33N. The van der Waals surface area contributed by atoms with Crippen molar-refractivity contribution in [3.63, 3.8) is 0 Å². The SMILES string of the molecule is CC1(C)c2ccccc2-c2ccc(-c3c4ccccc4c(-c4ccc5c(c4)C(C)(C)c4ccccc4-5)c4ncccc34)cc21. The summed E-state index contributed by atoms with van der Waals surface area (Å²) < 4.78 is 0. The zero-order valence-corrected chi connectivity index (χ0v) is 25.6. The maximum Gasteiger partial charge on any atom is 0.0792 e. The van der Waals surface area contributed by atoms with E-state index in [0.717, 1.165) is 5.52 Å². The molecule has 2 aliphatic rings. The summed E-state index contributed by atoms with van der Waals surface area (Å²) in [7, 11) is 0. The second-order valence-electron chi connectivity index (χ2n) is 13.6. The van der Waals surface area contributed by atoms with Crippen LogP contribution in [0.1, 0.15) is 49.9 Å². The second kappa shape index (κ2) is 8.77. The number of benzene rings is 6. The van der Waals surface area contributed by atoms with Gasteiger partial charge < -0.3 is 0 Å². The van der Waals surface area contributed by atoms with Gasteiger partial charge in [0.25, 0.3) is 0 Å². The van der Waals surface area contributed by atoms with Crippen LogP contribution in [0.4, 0.5) is 0 Å². The Hall–Kier alpha value is -5.01. The van der Waals surface area contributed by atoms with Crippen molar-refractivity contribution in [2.24, 2.45) is 0 Å². The predicted octanol–water partition coefficient (Wildman–Crippen LogP) is 11.3.